The molecule has 2 aromatic carbocycles. The van der Waals surface area contributed by atoms with Crippen molar-refractivity contribution in [3.05, 3.63) is 77.1 Å². The number of aromatic nitrogens is 2. The van der Waals surface area contributed by atoms with Gasteiger partial charge < -0.3 is 10.0 Å². The first-order chi connectivity index (χ1) is 20.4. The van der Waals surface area contributed by atoms with E-state index in [1.807, 2.05) is 35.4 Å². The second-order valence-electron chi connectivity index (χ2n) is 12.6. The Bertz CT molecular complexity index is 1490. The summed E-state index contributed by atoms with van der Waals surface area (Å²) >= 11 is 0. The fourth-order valence-corrected chi connectivity index (χ4v) is 7.70. The van der Waals surface area contributed by atoms with Gasteiger partial charge in [0.15, 0.2) is 0 Å². The van der Waals surface area contributed by atoms with E-state index >= 15 is 0 Å². The summed E-state index contributed by atoms with van der Waals surface area (Å²) in [7, 11) is 0. The van der Waals surface area contributed by atoms with Crippen molar-refractivity contribution < 1.29 is 32.3 Å². The van der Waals surface area contributed by atoms with Crippen molar-refractivity contribution in [3.63, 3.8) is 0 Å². The minimum Gasteiger partial charge on any atom is -0.481 e. The van der Waals surface area contributed by atoms with Gasteiger partial charge in [0.1, 0.15) is 0 Å². The second kappa shape index (κ2) is 10.8. The van der Waals surface area contributed by atoms with Crippen molar-refractivity contribution in [1.29, 1.82) is 0 Å². The Morgan fingerprint density at radius 1 is 1.00 bits per heavy atom. The van der Waals surface area contributed by atoms with Crippen LogP contribution in [0, 0.1) is 11.8 Å². The van der Waals surface area contributed by atoms with E-state index in [9.17, 15) is 32.3 Å². The Kier molecular flexibility index (Phi) is 7.37. The van der Waals surface area contributed by atoms with E-state index in [1.54, 1.807) is 12.3 Å². The van der Waals surface area contributed by atoms with E-state index in [4.69, 9.17) is 0 Å². The number of carboxylic acid groups (broad SMARTS) is 1. The highest BCUT2D eigenvalue weighted by Gasteiger charge is 2.56. The molecule has 2 heterocycles. The molecule has 2 N–H and O–H groups in total. The van der Waals surface area contributed by atoms with E-state index in [2.05, 4.69) is 10.2 Å². The maximum atomic E-state index is 15.0. The molecule has 0 spiro atoms. The standard InChI is InChI=1S/C33H35F4N3O3/c1-31(34,33(35,36)37)26-11-12-27-24(16-26)10-13-28-32(27,17-20-2-4-21(5-3-20)25-18-38-39-19-25)14-15-40(28)29(41)22-6-8-23(9-7-22)30(42)43/h2-5,11-12,16,18-19,22-23,28H,6-10,13-15,17H2,1H3,(H,38,39)(H,42,43). The van der Waals surface area contributed by atoms with Gasteiger partial charge in [0.2, 0.25) is 11.6 Å². The molecule has 1 saturated carbocycles. The highest BCUT2D eigenvalue weighted by atomic mass is 19.4. The van der Waals surface area contributed by atoms with Gasteiger partial charge in [0.25, 0.3) is 0 Å². The van der Waals surface area contributed by atoms with Crippen LogP contribution in [0.25, 0.3) is 11.1 Å². The molecule has 2 aliphatic carbocycles. The van der Waals surface area contributed by atoms with Crippen LogP contribution in [0.3, 0.4) is 0 Å². The zero-order chi connectivity index (χ0) is 30.6. The van der Waals surface area contributed by atoms with Crippen molar-refractivity contribution in [2.24, 2.45) is 11.8 Å². The SMILES string of the molecule is CC(F)(c1ccc2c(c1)CCC1N(C(=O)C3CCC(C(=O)O)CC3)CCC21Cc1ccc(-c2cn[nH]c2)cc1)C(F)(F)F. The van der Waals surface area contributed by atoms with Crippen LogP contribution in [0.4, 0.5) is 17.6 Å². The Hall–Kier alpha value is -3.69. The number of carbonyl (C=O) groups excluding carboxylic acids is 1. The van der Waals surface area contributed by atoms with Crippen molar-refractivity contribution >= 4 is 11.9 Å². The number of halogens is 4. The Balaban J connectivity index is 1.34. The Morgan fingerprint density at radius 2 is 1.70 bits per heavy atom. The van der Waals surface area contributed by atoms with Gasteiger partial charge in [-0.3, -0.25) is 14.7 Å². The summed E-state index contributed by atoms with van der Waals surface area (Å²) in [5.41, 5.74) is 0.155. The Morgan fingerprint density at radius 3 is 2.33 bits per heavy atom. The first kappa shape index (κ1) is 29.4. The summed E-state index contributed by atoms with van der Waals surface area (Å²) in [6.45, 7) is 1.08. The molecular formula is C33H35F4N3O3. The topological polar surface area (TPSA) is 86.3 Å². The molecule has 2 fully saturated rings. The van der Waals surface area contributed by atoms with Gasteiger partial charge in [-0.25, -0.2) is 4.39 Å². The summed E-state index contributed by atoms with van der Waals surface area (Å²) in [6, 6.07) is 12.2. The fraction of sp³-hybridized carbons (Fsp3) is 0.485. The van der Waals surface area contributed by atoms with Gasteiger partial charge in [0, 0.05) is 35.7 Å². The highest BCUT2D eigenvalue weighted by molar-refractivity contribution is 5.81. The summed E-state index contributed by atoms with van der Waals surface area (Å²) in [4.78, 5) is 27.3. The number of alkyl halides is 4. The number of rotatable bonds is 6. The summed E-state index contributed by atoms with van der Waals surface area (Å²) in [6.07, 6.45) is 2.76. The molecule has 3 aromatic rings. The zero-order valence-electron chi connectivity index (χ0n) is 24.0. The normalized spacial score (nSPS) is 26.8. The van der Waals surface area contributed by atoms with Crippen LogP contribution in [-0.2, 0) is 33.5 Å². The molecule has 0 radical (unpaired) electrons. The van der Waals surface area contributed by atoms with E-state index in [0.29, 0.717) is 70.4 Å². The molecule has 6 nitrogen and oxygen atoms in total. The first-order valence-electron chi connectivity index (χ1n) is 14.9. The van der Waals surface area contributed by atoms with Crippen LogP contribution in [0.2, 0.25) is 0 Å². The van der Waals surface area contributed by atoms with Crippen LogP contribution in [-0.4, -0.2) is 50.8 Å². The van der Waals surface area contributed by atoms with Gasteiger partial charge in [-0.1, -0.05) is 42.5 Å². The zero-order valence-corrected chi connectivity index (χ0v) is 24.0. The van der Waals surface area contributed by atoms with Gasteiger partial charge in [-0.15, -0.1) is 0 Å². The lowest BCUT2D eigenvalue weighted by atomic mass is 9.63. The first-order valence-corrected chi connectivity index (χ1v) is 14.9. The summed E-state index contributed by atoms with van der Waals surface area (Å²) < 4.78 is 55.8. The number of H-pyrrole nitrogens is 1. The number of nitrogens with zero attached hydrogens (tertiary/aromatic N) is 2. The van der Waals surface area contributed by atoms with Gasteiger partial charge in [-0.2, -0.15) is 18.3 Å². The lowest BCUT2D eigenvalue weighted by molar-refractivity contribution is -0.228. The quantitative estimate of drug-likeness (QED) is 0.308. The molecule has 1 aromatic heterocycles. The largest absolute Gasteiger partial charge is 0.481 e. The van der Waals surface area contributed by atoms with Crippen LogP contribution in [0.1, 0.15) is 67.7 Å². The fourth-order valence-electron chi connectivity index (χ4n) is 7.70. The average Bonchev–Trinajstić information content (AvgIpc) is 3.65. The molecule has 43 heavy (non-hydrogen) atoms. The third kappa shape index (κ3) is 5.12. The number of benzene rings is 2. The van der Waals surface area contributed by atoms with E-state index < -0.39 is 34.7 Å². The molecule has 6 rings (SSSR count). The Labute approximate surface area is 247 Å². The minimum absolute atomic E-state index is 0.0412. The van der Waals surface area contributed by atoms with E-state index in [1.165, 1.54) is 12.1 Å². The number of aromatic amines is 1. The third-order valence-electron chi connectivity index (χ3n) is 10.2. The van der Waals surface area contributed by atoms with Crippen LogP contribution >= 0.6 is 0 Å². The lowest BCUT2D eigenvalue weighted by Gasteiger charge is -2.45. The maximum absolute atomic E-state index is 15.0. The highest BCUT2D eigenvalue weighted by Crippen LogP contribution is 2.51. The van der Waals surface area contributed by atoms with Gasteiger partial charge >= 0.3 is 12.1 Å². The average molecular weight is 598 g/mol. The van der Waals surface area contributed by atoms with Gasteiger partial charge in [-0.05, 0) is 86.1 Å². The van der Waals surface area contributed by atoms with E-state index in [0.717, 1.165) is 22.3 Å². The summed E-state index contributed by atoms with van der Waals surface area (Å²) in [5.74, 6) is -1.42. The number of aliphatic carboxylic acids is 1. The molecule has 3 aliphatic rings. The number of aryl methyl sites for hydroxylation is 1. The molecule has 10 heteroatoms. The number of carboxylic acids is 1. The van der Waals surface area contributed by atoms with Crippen LogP contribution in [0.15, 0.2) is 54.9 Å². The van der Waals surface area contributed by atoms with Crippen molar-refractivity contribution in [2.75, 3.05) is 6.54 Å². The number of fused-ring (bicyclic) bond motifs is 3. The number of amides is 1. The maximum Gasteiger partial charge on any atom is 0.426 e. The van der Waals surface area contributed by atoms with Crippen molar-refractivity contribution in [3.8, 4) is 11.1 Å². The molecule has 0 bridgehead atoms. The summed E-state index contributed by atoms with van der Waals surface area (Å²) in [5, 5.41) is 16.2. The van der Waals surface area contributed by atoms with Crippen LogP contribution < -0.4 is 0 Å². The lowest BCUT2D eigenvalue weighted by Crippen LogP contribution is -2.51. The smallest absolute Gasteiger partial charge is 0.426 e. The molecule has 228 valence electrons. The van der Waals surface area contributed by atoms with Gasteiger partial charge in [0.05, 0.1) is 12.1 Å². The van der Waals surface area contributed by atoms with E-state index in [-0.39, 0.29) is 17.9 Å². The molecule has 1 aliphatic heterocycles. The third-order valence-corrected chi connectivity index (χ3v) is 10.2. The monoisotopic (exact) mass is 597 g/mol. The molecule has 1 saturated heterocycles. The number of hydrogen-bond donors (Lipinski definition) is 2. The predicted molar refractivity (Wildman–Crippen MR) is 152 cm³/mol. The molecular weight excluding hydrogens is 562 g/mol. The number of carbonyl (C=O) groups is 2. The number of nitrogens with one attached hydrogen (secondary N) is 1. The number of likely N-dealkylation sites (tertiary alicyclic amines) is 1. The molecule has 1 amide bonds. The minimum atomic E-state index is -5.04. The molecule has 3 unspecified atom stereocenters. The van der Waals surface area contributed by atoms with Crippen molar-refractivity contribution in [2.45, 2.75) is 81.6 Å². The van der Waals surface area contributed by atoms with Crippen molar-refractivity contribution in [1.82, 2.24) is 15.1 Å². The number of hydrogen-bond acceptors (Lipinski definition) is 3. The second-order valence-corrected chi connectivity index (χ2v) is 12.6. The molecule has 3 atom stereocenters. The predicted octanol–water partition coefficient (Wildman–Crippen LogP) is 6.74. The van der Waals surface area contributed by atoms with Crippen LogP contribution in [0.5, 0.6) is 0 Å².